The maximum absolute atomic E-state index is 11.8. The van der Waals surface area contributed by atoms with Crippen molar-refractivity contribution in [1.82, 2.24) is 5.43 Å². The molecule has 0 saturated carbocycles. The van der Waals surface area contributed by atoms with Crippen LogP contribution in [0.5, 0.6) is 0 Å². The monoisotopic (exact) mass is 384 g/mol. The molecule has 0 saturated heterocycles. The van der Waals surface area contributed by atoms with Crippen LogP contribution < -0.4 is 5.43 Å². The van der Waals surface area contributed by atoms with Crippen molar-refractivity contribution < 1.29 is 4.79 Å². The van der Waals surface area contributed by atoms with E-state index in [1.807, 2.05) is 24.3 Å². The summed E-state index contributed by atoms with van der Waals surface area (Å²) in [4.78, 5) is 11.8. The zero-order valence-corrected chi connectivity index (χ0v) is 12.7. The molecule has 0 aliphatic rings. The minimum absolute atomic E-state index is 0.241. The zero-order chi connectivity index (χ0) is 13.7. The molecular weight excluding hydrogens is 375 g/mol. The summed E-state index contributed by atoms with van der Waals surface area (Å²) in [6.45, 7) is 0. The molecule has 0 radical (unpaired) electrons. The molecule has 0 aromatic heterocycles. The van der Waals surface area contributed by atoms with Crippen LogP contribution in [0.4, 0.5) is 0 Å². The van der Waals surface area contributed by atoms with Gasteiger partial charge in [-0.2, -0.15) is 5.10 Å². The van der Waals surface area contributed by atoms with Crippen molar-refractivity contribution in [2.45, 2.75) is 0 Å². The van der Waals surface area contributed by atoms with E-state index >= 15 is 0 Å². The molecule has 2 aromatic carbocycles. The van der Waals surface area contributed by atoms with E-state index in [0.29, 0.717) is 10.6 Å². The summed E-state index contributed by atoms with van der Waals surface area (Å²) in [7, 11) is 0. The Morgan fingerprint density at radius 2 is 1.95 bits per heavy atom. The number of nitrogens with one attached hydrogen (secondary N) is 1. The second-order valence-corrected chi connectivity index (χ2v) is 5.44. The first-order chi connectivity index (χ1) is 9.15. The van der Waals surface area contributed by atoms with Gasteiger partial charge in [-0.25, -0.2) is 5.43 Å². The minimum Gasteiger partial charge on any atom is -0.267 e. The fraction of sp³-hybridized carbons (Fsp3) is 0. The highest BCUT2D eigenvalue weighted by molar-refractivity contribution is 14.1. The van der Waals surface area contributed by atoms with Gasteiger partial charge in [-0.05, 0) is 64.6 Å². The summed E-state index contributed by atoms with van der Waals surface area (Å²) in [6, 6.07) is 14.5. The summed E-state index contributed by atoms with van der Waals surface area (Å²) in [6.07, 6.45) is 1.55. The van der Waals surface area contributed by atoms with Gasteiger partial charge in [0.1, 0.15) is 0 Å². The van der Waals surface area contributed by atoms with Crippen LogP contribution in [0.2, 0.25) is 5.02 Å². The average Bonchev–Trinajstić information content (AvgIpc) is 2.39. The lowest BCUT2D eigenvalue weighted by molar-refractivity contribution is 0.0955. The summed E-state index contributed by atoms with van der Waals surface area (Å²) in [5, 5.41) is 4.53. The summed E-state index contributed by atoms with van der Waals surface area (Å²) >= 11 is 8.03. The van der Waals surface area contributed by atoms with E-state index in [2.05, 4.69) is 33.1 Å². The van der Waals surface area contributed by atoms with E-state index in [1.165, 1.54) is 0 Å². The van der Waals surface area contributed by atoms with Crippen molar-refractivity contribution in [3.63, 3.8) is 0 Å². The first-order valence-electron chi connectivity index (χ1n) is 5.50. The molecule has 96 valence electrons. The molecule has 1 N–H and O–H groups in total. The number of halogens is 2. The topological polar surface area (TPSA) is 41.5 Å². The van der Waals surface area contributed by atoms with Gasteiger partial charge >= 0.3 is 0 Å². The molecule has 0 aliphatic carbocycles. The third-order valence-electron chi connectivity index (χ3n) is 2.33. The molecule has 2 rings (SSSR count). The molecule has 0 heterocycles. The maximum atomic E-state index is 11.8. The second-order valence-electron chi connectivity index (χ2n) is 3.76. The van der Waals surface area contributed by atoms with Crippen LogP contribution in [0.15, 0.2) is 53.6 Å². The number of hydrogen-bond donors (Lipinski definition) is 1. The van der Waals surface area contributed by atoms with Crippen LogP contribution in [-0.4, -0.2) is 12.1 Å². The molecule has 0 aliphatic heterocycles. The van der Waals surface area contributed by atoms with E-state index in [9.17, 15) is 4.79 Å². The highest BCUT2D eigenvalue weighted by Gasteiger charge is 2.02. The lowest BCUT2D eigenvalue weighted by Gasteiger charge is -2.00. The predicted octanol–water partition coefficient (Wildman–Crippen LogP) is 3.71. The smallest absolute Gasteiger partial charge is 0.267 e. The van der Waals surface area contributed by atoms with Crippen molar-refractivity contribution in [2.24, 2.45) is 5.10 Å². The number of nitrogens with zero attached hydrogens (tertiary/aromatic N) is 1. The van der Waals surface area contributed by atoms with Crippen molar-refractivity contribution in [2.75, 3.05) is 0 Å². The van der Waals surface area contributed by atoms with Gasteiger partial charge in [0, 0.05) is 14.2 Å². The fourth-order valence-corrected chi connectivity index (χ4v) is 1.98. The molecule has 19 heavy (non-hydrogen) atoms. The Hall–Kier alpha value is -1.40. The van der Waals surface area contributed by atoms with Crippen LogP contribution in [0.25, 0.3) is 0 Å². The Morgan fingerprint density at radius 1 is 1.21 bits per heavy atom. The van der Waals surface area contributed by atoms with Gasteiger partial charge in [0.2, 0.25) is 0 Å². The number of hydrazone groups is 1. The van der Waals surface area contributed by atoms with E-state index < -0.39 is 0 Å². The van der Waals surface area contributed by atoms with Crippen molar-refractivity contribution >= 4 is 46.3 Å². The Labute approximate surface area is 129 Å². The molecule has 0 spiro atoms. The van der Waals surface area contributed by atoms with Gasteiger partial charge in [-0.1, -0.05) is 23.7 Å². The van der Waals surface area contributed by atoms with Gasteiger partial charge in [0.25, 0.3) is 5.91 Å². The molecule has 0 atom stereocenters. The van der Waals surface area contributed by atoms with Crippen LogP contribution in [-0.2, 0) is 0 Å². The van der Waals surface area contributed by atoms with E-state index in [-0.39, 0.29) is 5.91 Å². The first kappa shape index (κ1) is 14.0. The summed E-state index contributed by atoms with van der Waals surface area (Å²) in [5.74, 6) is -0.241. The lowest BCUT2D eigenvalue weighted by Crippen LogP contribution is -2.17. The van der Waals surface area contributed by atoms with E-state index in [0.717, 1.165) is 9.13 Å². The van der Waals surface area contributed by atoms with Crippen molar-refractivity contribution in [1.29, 1.82) is 0 Å². The maximum Gasteiger partial charge on any atom is 0.271 e. The summed E-state index contributed by atoms with van der Waals surface area (Å²) < 4.78 is 1.08. The van der Waals surface area contributed by atoms with Crippen molar-refractivity contribution in [3.05, 3.63) is 68.3 Å². The number of hydrogen-bond acceptors (Lipinski definition) is 2. The molecular formula is C14H10ClIN2O. The molecule has 0 bridgehead atoms. The second kappa shape index (κ2) is 6.68. The van der Waals surface area contributed by atoms with Crippen LogP contribution in [0, 0.1) is 3.57 Å². The quantitative estimate of drug-likeness (QED) is 0.489. The Bertz CT molecular complexity index is 611. The largest absolute Gasteiger partial charge is 0.271 e. The number of benzene rings is 2. The third kappa shape index (κ3) is 4.33. The fourth-order valence-electron chi connectivity index (χ4n) is 1.42. The SMILES string of the molecule is O=C(N/N=C\c1cccc(Cl)c1)c1ccc(I)cc1. The Kier molecular flexibility index (Phi) is 4.93. The van der Waals surface area contributed by atoms with Gasteiger partial charge < -0.3 is 0 Å². The van der Waals surface area contributed by atoms with Crippen LogP contribution >= 0.6 is 34.2 Å². The number of carbonyl (C=O) groups is 1. The highest BCUT2D eigenvalue weighted by atomic mass is 127. The van der Waals surface area contributed by atoms with Gasteiger partial charge in [-0.3, -0.25) is 4.79 Å². The number of rotatable bonds is 3. The number of amides is 1. The standard InChI is InChI=1S/C14H10ClIN2O/c15-12-3-1-2-10(8-12)9-17-18-14(19)11-4-6-13(16)7-5-11/h1-9H,(H,18,19)/b17-9-. The Morgan fingerprint density at radius 3 is 2.63 bits per heavy atom. The normalized spacial score (nSPS) is 10.6. The van der Waals surface area contributed by atoms with Crippen LogP contribution in [0.3, 0.4) is 0 Å². The van der Waals surface area contributed by atoms with Crippen molar-refractivity contribution in [3.8, 4) is 0 Å². The molecule has 0 fully saturated rings. The third-order valence-corrected chi connectivity index (χ3v) is 3.29. The zero-order valence-electron chi connectivity index (χ0n) is 9.81. The molecule has 3 nitrogen and oxygen atoms in total. The lowest BCUT2D eigenvalue weighted by atomic mass is 10.2. The number of carbonyl (C=O) groups excluding carboxylic acids is 1. The van der Waals surface area contributed by atoms with Gasteiger partial charge in [0.15, 0.2) is 0 Å². The van der Waals surface area contributed by atoms with Gasteiger partial charge in [-0.15, -0.1) is 0 Å². The first-order valence-corrected chi connectivity index (χ1v) is 6.95. The van der Waals surface area contributed by atoms with E-state index in [4.69, 9.17) is 11.6 Å². The highest BCUT2D eigenvalue weighted by Crippen LogP contribution is 2.09. The molecule has 1 amide bonds. The molecule has 5 heteroatoms. The average molecular weight is 385 g/mol. The predicted molar refractivity (Wildman–Crippen MR) is 85.7 cm³/mol. The molecule has 2 aromatic rings. The van der Waals surface area contributed by atoms with Crippen LogP contribution in [0.1, 0.15) is 15.9 Å². The minimum atomic E-state index is -0.241. The van der Waals surface area contributed by atoms with E-state index in [1.54, 1.807) is 30.5 Å². The van der Waals surface area contributed by atoms with Gasteiger partial charge in [0.05, 0.1) is 6.21 Å². The molecule has 0 unspecified atom stereocenters. The summed E-state index contributed by atoms with van der Waals surface area (Å²) in [5.41, 5.74) is 3.87. The Balaban J connectivity index is 1.98.